The zero-order chi connectivity index (χ0) is 14.5. The number of nitriles is 1. The van der Waals surface area contributed by atoms with E-state index in [9.17, 15) is 5.26 Å². The van der Waals surface area contributed by atoms with Crippen LogP contribution in [0, 0.1) is 11.3 Å². The molecule has 2 aromatic carbocycles. The van der Waals surface area contributed by atoms with E-state index in [1.807, 2.05) is 36.6 Å². The van der Waals surface area contributed by atoms with Crippen molar-refractivity contribution in [2.45, 2.75) is 18.2 Å². The van der Waals surface area contributed by atoms with E-state index in [0.717, 1.165) is 16.9 Å². The van der Waals surface area contributed by atoms with Gasteiger partial charge in [0.1, 0.15) is 23.1 Å². The average molecular weight is 284 g/mol. The van der Waals surface area contributed by atoms with Crippen LogP contribution in [0.25, 0.3) is 0 Å². The topological polar surface area (TPSA) is 59.0 Å². The molecule has 4 heteroatoms. The number of nitrogens with zero attached hydrogens (tertiary/aromatic N) is 1. The Bertz CT molecular complexity index is 662. The average Bonchev–Trinajstić information content (AvgIpc) is 2.48. The molecule has 0 atom stereocenters. The summed E-state index contributed by atoms with van der Waals surface area (Å²) in [5, 5.41) is 9.29. The molecule has 3 nitrogen and oxygen atoms in total. The van der Waals surface area contributed by atoms with Crippen molar-refractivity contribution in [2.75, 3.05) is 12.0 Å². The van der Waals surface area contributed by atoms with Crippen LogP contribution in [-0.4, -0.2) is 6.26 Å². The van der Waals surface area contributed by atoms with Crippen LogP contribution in [0.1, 0.15) is 18.1 Å². The fourth-order valence-electron chi connectivity index (χ4n) is 1.91. The number of aryl methyl sites for hydroxylation is 1. The first-order valence-electron chi connectivity index (χ1n) is 6.33. The Balaban J connectivity index is 2.38. The molecule has 0 fully saturated rings. The minimum Gasteiger partial charge on any atom is -0.454 e. The Hall–Kier alpha value is -2.12. The molecular weight excluding hydrogens is 268 g/mol. The molecule has 0 aromatic heterocycles. The molecule has 0 radical (unpaired) electrons. The van der Waals surface area contributed by atoms with Gasteiger partial charge in [-0.15, -0.1) is 11.8 Å². The molecule has 2 aromatic rings. The van der Waals surface area contributed by atoms with Gasteiger partial charge in [-0.1, -0.05) is 19.1 Å². The van der Waals surface area contributed by atoms with Gasteiger partial charge in [0, 0.05) is 4.90 Å². The highest BCUT2D eigenvalue weighted by Crippen LogP contribution is 2.34. The van der Waals surface area contributed by atoms with Crippen molar-refractivity contribution >= 4 is 17.4 Å². The summed E-state index contributed by atoms with van der Waals surface area (Å²) in [6.07, 6.45) is 2.86. The van der Waals surface area contributed by atoms with Crippen LogP contribution < -0.4 is 10.5 Å². The van der Waals surface area contributed by atoms with Crippen LogP contribution in [0.3, 0.4) is 0 Å². The first-order valence-corrected chi connectivity index (χ1v) is 7.55. The van der Waals surface area contributed by atoms with Crippen LogP contribution >= 0.6 is 11.8 Å². The second kappa shape index (κ2) is 6.36. The molecular formula is C16H16N2OS. The summed E-state index contributed by atoms with van der Waals surface area (Å²) in [5.41, 5.74) is 8.28. The number of ether oxygens (including phenoxy) is 1. The second-order valence-corrected chi connectivity index (χ2v) is 5.12. The molecule has 102 valence electrons. The molecule has 0 saturated carbocycles. The minimum absolute atomic E-state index is 0.537. The lowest BCUT2D eigenvalue weighted by molar-refractivity contribution is 0.482. The molecule has 0 heterocycles. The molecule has 0 bridgehead atoms. The summed E-state index contributed by atoms with van der Waals surface area (Å²) in [4.78, 5) is 0.897. The molecule has 2 rings (SSSR count). The van der Waals surface area contributed by atoms with E-state index < -0.39 is 0 Å². The van der Waals surface area contributed by atoms with E-state index in [1.54, 1.807) is 6.07 Å². The smallest absolute Gasteiger partial charge is 0.150 e. The number of anilines is 1. The van der Waals surface area contributed by atoms with Crippen molar-refractivity contribution in [1.82, 2.24) is 0 Å². The van der Waals surface area contributed by atoms with Crippen LogP contribution in [-0.2, 0) is 6.42 Å². The maximum absolute atomic E-state index is 9.29. The number of hydrogen-bond donors (Lipinski definition) is 1. The largest absolute Gasteiger partial charge is 0.454 e. The van der Waals surface area contributed by atoms with Gasteiger partial charge >= 0.3 is 0 Å². The van der Waals surface area contributed by atoms with Crippen LogP contribution in [0.15, 0.2) is 41.3 Å². The fraction of sp³-hybridized carbons (Fsp3) is 0.188. The van der Waals surface area contributed by atoms with Crippen LogP contribution in [0.5, 0.6) is 11.5 Å². The van der Waals surface area contributed by atoms with Crippen molar-refractivity contribution in [1.29, 1.82) is 5.26 Å². The van der Waals surface area contributed by atoms with Gasteiger partial charge in [-0.05, 0) is 42.5 Å². The maximum Gasteiger partial charge on any atom is 0.150 e. The Morgan fingerprint density at radius 3 is 2.65 bits per heavy atom. The predicted molar refractivity (Wildman–Crippen MR) is 83.2 cm³/mol. The summed E-state index contributed by atoms with van der Waals surface area (Å²) in [6, 6.07) is 13.5. The van der Waals surface area contributed by atoms with E-state index in [2.05, 4.69) is 13.0 Å². The molecule has 2 N–H and O–H groups in total. The van der Waals surface area contributed by atoms with E-state index in [4.69, 9.17) is 10.5 Å². The zero-order valence-electron chi connectivity index (χ0n) is 11.5. The van der Waals surface area contributed by atoms with Gasteiger partial charge in [-0.3, -0.25) is 0 Å². The standard InChI is InChI=1S/C16H16N2OS/c1-3-11-7-8-15(13(18)9-11)19-14-5-4-6-16(20-2)12(14)10-17/h4-9H,3,18H2,1-2H3. The van der Waals surface area contributed by atoms with Gasteiger partial charge in [0.25, 0.3) is 0 Å². The van der Waals surface area contributed by atoms with Gasteiger partial charge in [0.2, 0.25) is 0 Å². The SMILES string of the molecule is CCc1ccc(Oc2cccc(SC)c2C#N)c(N)c1. The number of nitrogen functional groups attached to an aromatic ring is 1. The summed E-state index contributed by atoms with van der Waals surface area (Å²) >= 11 is 1.52. The van der Waals surface area contributed by atoms with Gasteiger partial charge < -0.3 is 10.5 Å². The zero-order valence-corrected chi connectivity index (χ0v) is 12.3. The fourth-order valence-corrected chi connectivity index (χ4v) is 2.47. The predicted octanol–water partition coefficient (Wildman–Crippen LogP) is 4.22. The molecule has 0 aliphatic heterocycles. The van der Waals surface area contributed by atoms with E-state index in [0.29, 0.717) is 22.7 Å². The molecule has 0 unspecified atom stereocenters. The van der Waals surface area contributed by atoms with Crippen molar-refractivity contribution in [3.63, 3.8) is 0 Å². The number of thioether (sulfide) groups is 1. The highest BCUT2D eigenvalue weighted by Gasteiger charge is 2.11. The van der Waals surface area contributed by atoms with Gasteiger partial charge in [-0.2, -0.15) is 5.26 Å². The summed E-state index contributed by atoms with van der Waals surface area (Å²) in [7, 11) is 0. The molecule has 0 aliphatic rings. The summed E-state index contributed by atoms with van der Waals surface area (Å²) in [6.45, 7) is 2.07. The molecule has 0 amide bonds. The Morgan fingerprint density at radius 2 is 2.05 bits per heavy atom. The lowest BCUT2D eigenvalue weighted by Gasteiger charge is -2.12. The molecule has 0 aliphatic carbocycles. The number of rotatable bonds is 4. The van der Waals surface area contributed by atoms with Gasteiger partial charge in [0.15, 0.2) is 0 Å². The van der Waals surface area contributed by atoms with Crippen molar-refractivity contribution in [2.24, 2.45) is 0 Å². The summed E-state index contributed by atoms with van der Waals surface area (Å²) < 4.78 is 5.81. The molecule has 0 spiro atoms. The second-order valence-electron chi connectivity index (χ2n) is 4.27. The number of nitrogens with two attached hydrogens (primary N) is 1. The third kappa shape index (κ3) is 2.89. The maximum atomic E-state index is 9.29. The van der Waals surface area contributed by atoms with E-state index >= 15 is 0 Å². The first-order chi connectivity index (χ1) is 9.69. The lowest BCUT2D eigenvalue weighted by atomic mass is 10.1. The monoisotopic (exact) mass is 284 g/mol. The van der Waals surface area contributed by atoms with Crippen LogP contribution in [0.2, 0.25) is 0 Å². The highest BCUT2D eigenvalue weighted by atomic mass is 32.2. The van der Waals surface area contributed by atoms with Gasteiger partial charge in [0.05, 0.1) is 5.69 Å². The normalized spacial score (nSPS) is 10.1. The van der Waals surface area contributed by atoms with Crippen molar-refractivity contribution < 1.29 is 4.74 Å². The first kappa shape index (κ1) is 14.3. The third-order valence-electron chi connectivity index (χ3n) is 3.02. The van der Waals surface area contributed by atoms with Crippen LogP contribution in [0.4, 0.5) is 5.69 Å². The van der Waals surface area contributed by atoms with E-state index in [-0.39, 0.29) is 0 Å². The quantitative estimate of drug-likeness (QED) is 0.674. The Morgan fingerprint density at radius 1 is 1.25 bits per heavy atom. The molecule has 20 heavy (non-hydrogen) atoms. The highest BCUT2D eigenvalue weighted by molar-refractivity contribution is 7.98. The minimum atomic E-state index is 0.537. The number of hydrogen-bond acceptors (Lipinski definition) is 4. The Kier molecular flexibility index (Phi) is 4.54. The summed E-state index contributed by atoms with van der Waals surface area (Å²) in [5.74, 6) is 1.12. The van der Waals surface area contributed by atoms with Crippen molar-refractivity contribution in [3.8, 4) is 17.6 Å². The Labute approximate surface area is 123 Å². The number of benzene rings is 2. The molecule has 0 saturated heterocycles. The lowest BCUT2D eigenvalue weighted by Crippen LogP contribution is -1.96. The van der Waals surface area contributed by atoms with Crippen molar-refractivity contribution in [3.05, 3.63) is 47.5 Å². The van der Waals surface area contributed by atoms with E-state index in [1.165, 1.54) is 11.8 Å². The van der Waals surface area contributed by atoms with Gasteiger partial charge in [-0.25, -0.2) is 0 Å². The third-order valence-corrected chi connectivity index (χ3v) is 3.80.